The predicted molar refractivity (Wildman–Crippen MR) is 89.6 cm³/mol. The second-order valence-electron chi connectivity index (χ2n) is 4.39. The number of thiophene rings is 1. The fourth-order valence-corrected chi connectivity index (χ4v) is 2.99. The van der Waals surface area contributed by atoms with Crippen molar-refractivity contribution in [2.75, 3.05) is 23.3 Å². The Bertz CT molecular complexity index is 530. The zero-order chi connectivity index (χ0) is 14.4. The number of halogens is 1. The molecule has 2 rings (SSSR count). The Kier molecular flexibility index (Phi) is 5.79. The van der Waals surface area contributed by atoms with E-state index in [1.807, 2.05) is 6.20 Å². The number of aromatic nitrogens is 2. The quantitative estimate of drug-likeness (QED) is 0.810. The first-order valence-corrected chi connectivity index (χ1v) is 8.45. The smallest absolute Gasteiger partial charge is 0.224 e. The summed E-state index contributed by atoms with van der Waals surface area (Å²) in [7, 11) is 0. The van der Waals surface area contributed by atoms with E-state index in [-0.39, 0.29) is 0 Å². The van der Waals surface area contributed by atoms with Gasteiger partial charge in [-0.25, -0.2) is 4.98 Å². The predicted octanol–water partition coefficient (Wildman–Crippen LogP) is 4.15. The third-order valence-electron chi connectivity index (χ3n) is 2.87. The van der Waals surface area contributed by atoms with E-state index in [1.54, 1.807) is 11.3 Å². The van der Waals surface area contributed by atoms with E-state index >= 15 is 0 Å². The minimum absolute atomic E-state index is 0.690. The van der Waals surface area contributed by atoms with Crippen molar-refractivity contribution in [3.8, 4) is 0 Å². The minimum atomic E-state index is 0.690. The Morgan fingerprint density at radius 2 is 2.25 bits per heavy atom. The van der Waals surface area contributed by atoms with E-state index in [2.05, 4.69) is 67.5 Å². The maximum atomic E-state index is 4.62. The Labute approximate surface area is 132 Å². The van der Waals surface area contributed by atoms with Crippen molar-refractivity contribution < 1.29 is 0 Å². The second kappa shape index (κ2) is 7.59. The second-order valence-corrected chi connectivity index (χ2v) is 6.27. The van der Waals surface area contributed by atoms with Crippen LogP contribution in [0.2, 0.25) is 0 Å². The lowest BCUT2D eigenvalue weighted by Crippen LogP contribution is -2.23. The summed E-state index contributed by atoms with van der Waals surface area (Å²) >= 11 is 5.32. The van der Waals surface area contributed by atoms with Gasteiger partial charge in [0.2, 0.25) is 5.95 Å². The third-order valence-corrected chi connectivity index (χ3v) is 4.29. The molecule has 0 aliphatic heterocycles. The number of anilines is 2. The number of hydrogen-bond donors (Lipinski definition) is 1. The lowest BCUT2D eigenvalue weighted by atomic mass is 10.4. The molecule has 108 valence electrons. The normalized spacial score (nSPS) is 10.6. The van der Waals surface area contributed by atoms with Gasteiger partial charge in [0.15, 0.2) is 0 Å². The highest BCUT2D eigenvalue weighted by Gasteiger charge is 2.13. The number of nitrogens with one attached hydrogen (secondary N) is 1. The number of rotatable bonds is 7. The van der Waals surface area contributed by atoms with Gasteiger partial charge in [-0.2, -0.15) is 4.98 Å². The maximum absolute atomic E-state index is 4.62. The molecule has 0 aliphatic rings. The van der Waals surface area contributed by atoms with E-state index in [4.69, 9.17) is 0 Å². The zero-order valence-corrected chi connectivity index (χ0v) is 14.2. The maximum Gasteiger partial charge on any atom is 0.224 e. The summed E-state index contributed by atoms with van der Waals surface area (Å²) in [5.74, 6) is 1.63. The van der Waals surface area contributed by atoms with Crippen LogP contribution in [0.3, 0.4) is 0 Å². The molecule has 0 atom stereocenters. The summed E-state index contributed by atoms with van der Waals surface area (Å²) in [5.41, 5.74) is 0. The molecule has 0 bridgehead atoms. The Balaban J connectivity index is 2.19. The van der Waals surface area contributed by atoms with Crippen LogP contribution in [-0.4, -0.2) is 23.1 Å². The molecule has 1 N–H and O–H groups in total. The van der Waals surface area contributed by atoms with Crippen LogP contribution in [0.25, 0.3) is 0 Å². The molecule has 0 saturated carbocycles. The highest BCUT2D eigenvalue weighted by molar-refractivity contribution is 9.10. The average molecular weight is 355 g/mol. The summed E-state index contributed by atoms with van der Waals surface area (Å²) in [6, 6.07) is 4.23. The molecular weight excluding hydrogens is 336 g/mol. The Morgan fingerprint density at radius 1 is 1.40 bits per heavy atom. The van der Waals surface area contributed by atoms with Gasteiger partial charge in [-0.1, -0.05) is 13.0 Å². The SMILES string of the molecule is CCCNc1ncc(Br)c(N(CC)Cc2cccs2)n1. The first-order chi connectivity index (χ1) is 9.74. The molecule has 0 amide bonds. The average Bonchev–Trinajstić information content (AvgIpc) is 2.97. The van der Waals surface area contributed by atoms with E-state index in [9.17, 15) is 0 Å². The molecule has 2 aromatic rings. The lowest BCUT2D eigenvalue weighted by molar-refractivity contribution is 0.814. The van der Waals surface area contributed by atoms with Crippen molar-refractivity contribution in [2.24, 2.45) is 0 Å². The first kappa shape index (κ1) is 15.3. The van der Waals surface area contributed by atoms with E-state index in [0.29, 0.717) is 5.95 Å². The summed E-state index contributed by atoms with van der Waals surface area (Å²) < 4.78 is 0.929. The Morgan fingerprint density at radius 3 is 2.90 bits per heavy atom. The molecule has 6 heteroatoms. The summed E-state index contributed by atoms with van der Waals surface area (Å²) in [4.78, 5) is 12.5. The van der Waals surface area contributed by atoms with E-state index in [1.165, 1.54) is 4.88 Å². The molecule has 20 heavy (non-hydrogen) atoms. The molecule has 2 heterocycles. The monoisotopic (exact) mass is 354 g/mol. The Hall–Kier alpha value is -1.14. The topological polar surface area (TPSA) is 41.1 Å². The molecule has 0 unspecified atom stereocenters. The highest BCUT2D eigenvalue weighted by atomic mass is 79.9. The van der Waals surface area contributed by atoms with Gasteiger partial charge in [0.25, 0.3) is 0 Å². The van der Waals surface area contributed by atoms with Crippen LogP contribution in [-0.2, 0) is 6.54 Å². The van der Waals surface area contributed by atoms with Crippen LogP contribution in [0.15, 0.2) is 28.2 Å². The van der Waals surface area contributed by atoms with Crippen molar-refractivity contribution in [3.63, 3.8) is 0 Å². The minimum Gasteiger partial charge on any atom is -0.354 e. The summed E-state index contributed by atoms with van der Waals surface area (Å²) in [5, 5.41) is 5.34. The largest absolute Gasteiger partial charge is 0.354 e. The van der Waals surface area contributed by atoms with E-state index < -0.39 is 0 Å². The molecule has 0 spiro atoms. The molecule has 0 radical (unpaired) electrons. The third kappa shape index (κ3) is 3.93. The van der Waals surface area contributed by atoms with Gasteiger partial charge in [-0.05, 0) is 40.7 Å². The van der Waals surface area contributed by atoms with Crippen LogP contribution in [0.5, 0.6) is 0 Å². The van der Waals surface area contributed by atoms with Crippen LogP contribution in [0.1, 0.15) is 25.1 Å². The number of nitrogens with zero attached hydrogens (tertiary/aromatic N) is 3. The van der Waals surface area contributed by atoms with Crippen LogP contribution in [0.4, 0.5) is 11.8 Å². The van der Waals surface area contributed by atoms with Gasteiger partial charge in [0.1, 0.15) is 5.82 Å². The van der Waals surface area contributed by atoms with Gasteiger partial charge >= 0.3 is 0 Å². The molecule has 0 aromatic carbocycles. The summed E-state index contributed by atoms with van der Waals surface area (Å²) in [6.45, 7) is 6.93. The fourth-order valence-electron chi connectivity index (χ4n) is 1.83. The molecule has 0 aliphatic carbocycles. The van der Waals surface area contributed by atoms with Crippen molar-refractivity contribution in [2.45, 2.75) is 26.8 Å². The molecular formula is C14H19BrN4S. The van der Waals surface area contributed by atoms with Crippen molar-refractivity contribution >= 4 is 39.0 Å². The van der Waals surface area contributed by atoms with Gasteiger partial charge in [-0.3, -0.25) is 0 Å². The van der Waals surface area contributed by atoms with Crippen molar-refractivity contribution in [1.29, 1.82) is 0 Å². The lowest BCUT2D eigenvalue weighted by Gasteiger charge is -2.22. The summed E-state index contributed by atoms with van der Waals surface area (Å²) in [6.07, 6.45) is 2.87. The fraction of sp³-hybridized carbons (Fsp3) is 0.429. The first-order valence-electron chi connectivity index (χ1n) is 6.78. The standard InChI is InChI=1S/C14H19BrN4S/c1-3-7-16-14-17-9-12(15)13(18-14)19(4-2)10-11-6-5-8-20-11/h5-6,8-9H,3-4,7,10H2,1-2H3,(H,16,17,18). The van der Waals surface area contributed by atoms with Crippen LogP contribution >= 0.6 is 27.3 Å². The van der Waals surface area contributed by atoms with Crippen LogP contribution in [0, 0.1) is 0 Å². The molecule has 0 fully saturated rings. The number of hydrogen-bond acceptors (Lipinski definition) is 5. The van der Waals surface area contributed by atoms with Gasteiger partial charge in [0, 0.05) is 24.2 Å². The van der Waals surface area contributed by atoms with Gasteiger partial charge in [0.05, 0.1) is 11.0 Å². The van der Waals surface area contributed by atoms with E-state index in [0.717, 1.165) is 36.3 Å². The van der Waals surface area contributed by atoms with Crippen molar-refractivity contribution in [1.82, 2.24) is 9.97 Å². The van der Waals surface area contributed by atoms with Gasteiger partial charge < -0.3 is 10.2 Å². The molecule has 4 nitrogen and oxygen atoms in total. The van der Waals surface area contributed by atoms with Crippen molar-refractivity contribution in [3.05, 3.63) is 33.1 Å². The highest BCUT2D eigenvalue weighted by Crippen LogP contribution is 2.26. The zero-order valence-electron chi connectivity index (χ0n) is 11.8. The van der Waals surface area contributed by atoms with Gasteiger partial charge in [-0.15, -0.1) is 11.3 Å². The van der Waals surface area contributed by atoms with Crippen LogP contribution < -0.4 is 10.2 Å². The molecule has 2 aromatic heterocycles. The molecule has 0 saturated heterocycles.